The van der Waals surface area contributed by atoms with Crippen molar-refractivity contribution in [3.63, 3.8) is 0 Å². The van der Waals surface area contributed by atoms with Crippen molar-refractivity contribution in [2.24, 2.45) is 0 Å². The van der Waals surface area contributed by atoms with Crippen LogP contribution >= 0.6 is 35.3 Å². The molecule has 0 fully saturated rings. The van der Waals surface area contributed by atoms with E-state index < -0.39 is 5.82 Å². The van der Waals surface area contributed by atoms with E-state index in [4.69, 9.17) is 11.6 Å². The van der Waals surface area contributed by atoms with Crippen LogP contribution in [0.15, 0.2) is 16.9 Å². The van der Waals surface area contributed by atoms with Crippen LogP contribution in [0.3, 0.4) is 0 Å². The summed E-state index contributed by atoms with van der Waals surface area (Å²) in [5.41, 5.74) is 2.07. The molecular weight excluding hydrogens is 426 g/mol. The second kappa shape index (κ2) is 8.23. The smallest absolute Gasteiger partial charge is 0.308 e. The second-order valence-corrected chi connectivity index (χ2v) is 8.20. The van der Waals surface area contributed by atoms with Crippen molar-refractivity contribution < 1.29 is 9.18 Å². The number of carbonyl (C=O) groups excluding carboxylic acids is 1. The van der Waals surface area contributed by atoms with Gasteiger partial charge in [-0.05, 0) is 31.7 Å². The number of amides is 1. The highest BCUT2D eigenvalue weighted by molar-refractivity contribution is 7.09. The molecule has 10 heteroatoms. The van der Waals surface area contributed by atoms with E-state index in [0.29, 0.717) is 16.9 Å². The van der Waals surface area contributed by atoms with Crippen LogP contribution < -0.4 is 4.87 Å². The number of aryl methyl sites for hydroxylation is 1. The summed E-state index contributed by atoms with van der Waals surface area (Å²) in [4.78, 5) is 34.8. The summed E-state index contributed by atoms with van der Waals surface area (Å²) in [6, 6.07) is 2.73. The first-order valence-electron chi connectivity index (χ1n) is 8.71. The van der Waals surface area contributed by atoms with Crippen molar-refractivity contribution in [3.05, 3.63) is 49.0 Å². The molecule has 28 heavy (non-hydrogen) atoms. The highest BCUT2D eigenvalue weighted by Crippen LogP contribution is 2.24. The largest absolute Gasteiger partial charge is 0.340 e. The van der Waals surface area contributed by atoms with Crippen molar-refractivity contribution in [1.29, 1.82) is 0 Å². The van der Waals surface area contributed by atoms with Crippen LogP contribution in [0, 0.1) is 5.82 Å². The molecular formula is C18H19Cl2FN4O2S. The van der Waals surface area contributed by atoms with Gasteiger partial charge in [-0.15, -0.1) is 12.4 Å². The number of hydrogen-bond donors (Lipinski definition) is 1. The minimum Gasteiger partial charge on any atom is -0.340 e. The van der Waals surface area contributed by atoms with E-state index >= 15 is 0 Å². The molecule has 0 bridgehead atoms. The molecule has 1 aliphatic rings. The van der Waals surface area contributed by atoms with Gasteiger partial charge in [0.25, 0.3) is 0 Å². The number of likely N-dealkylation sites (N-methyl/N-ethyl adjacent to an activating group) is 1. The van der Waals surface area contributed by atoms with E-state index in [1.165, 1.54) is 28.4 Å². The quantitative estimate of drug-likeness (QED) is 0.668. The standard InChI is InChI=1S/C18H18ClFN4O2S.ClH/c1-23(8-16-21-12-6-10(19)11(20)7-13(12)22-16)17(25)9-24-14-4-2-3-5-15(14)27-18(24)26;/h6-7H,2-5,8-9H2,1H3,(H,21,22);1H. The molecule has 1 aliphatic carbocycles. The van der Waals surface area contributed by atoms with Gasteiger partial charge in [0.15, 0.2) is 0 Å². The molecule has 2 heterocycles. The lowest BCUT2D eigenvalue weighted by molar-refractivity contribution is -0.131. The predicted octanol–water partition coefficient (Wildman–Crippen LogP) is 3.54. The van der Waals surface area contributed by atoms with Gasteiger partial charge in [-0.2, -0.15) is 0 Å². The Morgan fingerprint density at radius 1 is 1.39 bits per heavy atom. The summed E-state index contributed by atoms with van der Waals surface area (Å²) < 4.78 is 15.2. The Labute approximate surface area is 175 Å². The van der Waals surface area contributed by atoms with E-state index in [1.54, 1.807) is 11.6 Å². The Hall–Kier alpha value is -1.90. The Morgan fingerprint density at radius 2 is 2.14 bits per heavy atom. The number of aromatic amines is 1. The maximum absolute atomic E-state index is 13.6. The van der Waals surface area contributed by atoms with Crippen molar-refractivity contribution in [3.8, 4) is 0 Å². The second-order valence-electron chi connectivity index (χ2n) is 6.75. The number of rotatable bonds is 4. The zero-order chi connectivity index (χ0) is 19.1. The summed E-state index contributed by atoms with van der Waals surface area (Å²) >= 11 is 7.03. The SMILES string of the molecule is CN(Cc1nc2cc(Cl)c(F)cc2[nH]1)C(=O)Cn1c2c(sc1=O)CCCC2.Cl. The minimum absolute atomic E-state index is 0. The number of nitrogens with one attached hydrogen (secondary N) is 1. The number of imidazole rings is 1. The fourth-order valence-corrected chi connectivity index (χ4v) is 4.62. The number of benzene rings is 1. The number of hydrogen-bond acceptors (Lipinski definition) is 4. The van der Waals surface area contributed by atoms with Crippen molar-refractivity contribution in [2.75, 3.05) is 7.05 Å². The number of nitrogens with zero attached hydrogens (tertiary/aromatic N) is 3. The Balaban J connectivity index is 0.00000225. The van der Waals surface area contributed by atoms with Crippen molar-refractivity contribution in [2.45, 2.75) is 38.8 Å². The monoisotopic (exact) mass is 444 g/mol. The van der Waals surface area contributed by atoms with Gasteiger partial charge in [0.2, 0.25) is 5.91 Å². The Bertz CT molecular complexity index is 1050. The lowest BCUT2D eigenvalue weighted by Crippen LogP contribution is -2.33. The molecule has 0 radical (unpaired) electrons. The van der Waals surface area contributed by atoms with Crippen LogP contribution in [0.5, 0.6) is 0 Å². The highest BCUT2D eigenvalue weighted by Gasteiger charge is 2.21. The molecule has 4 rings (SSSR count). The van der Waals surface area contributed by atoms with Gasteiger partial charge < -0.3 is 9.88 Å². The molecule has 0 aliphatic heterocycles. The molecule has 1 aromatic carbocycles. The number of carbonyl (C=O) groups is 1. The van der Waals surface area contributed by atoms with Gasteiger partial charge in [0.05, 0.1) is 22.6 Å². The third-order valence-electron chi connectivity index (χ3n) is 4.83. The normalized spacial score (nSPS) is 13.2. The average molecular weight is 445 g/mol. The zero-order valence-corrected chi connectivity index (χ0v) is 17.5. The number of aromatic nitrogens is 3. The zero-order valence-electron chi connectivity index (χ0n) is 15.1. The molecule has 6 nitrogen and oxygen atoms in total. The summed E-state index contributed by atoms with van der Waals surface area (Å²) in [7, 11) is 1.66. The van der Waals surface area contributed by atoms with E-state index in [1.807, 2.05) is 0 Å². The fraction of sp³-hybridized carbons (Fsp3) is 0.389. The first kappa shape index (κ1) is 20.8. The third-order valence-corrected chi connectivity index (χ3v) is 6.20. The number of H-pyrrole nitrogens is 1. The summed E-state index contributed by atoms with van der Waals surface area (Å²) in [6.07, 6.45) is 3.91. The molecule has 1 amide bonds. The van der Waals surface area contributed by atoms with Crippen LogP contribution in [0.2, 0.25) is 5.02 Å². The molecule has 0 saturated heterocycles. The molecule has 0 saturated carbocycles. The predicted molar refractivity (Wildman–Crippen MR) is 110 cm³/mol. The van der Waals surface area contributed by atoms with Gasteiger partial charge >= 0.3 is 4.87 Å². The van der Waals surface area contributed by atoms with Crippen LogP contribution in [0.4, 0.5) is 4.39 Å². The van der Waals surface area contributed by atoms with E-state index in [2.05, 4.69) is 9.97 Å². The number of thiazole rings is 1. The molecule has 150 valence electrons. The Morgan fingerprint density at radius 3 is 2.93 bits per heavy atom. The Kier molecular flexibility index (Phi) is 6.12. The highest BCUT2D eigenvalue weighted by atomic mass is 35.5. The molecule has 0 unspecified atom stereocenters. The van der Waals surface area contributed by atoms with E-state index in [9.17, 15) is 14.0 Å². The first-order valence-corrected chi connectivity index (χ1v) is 9.91. The summed E-state index contributed by atoms with van der Waals surface area (Å²) in [5, 5.41) is 0.00610. The number of fused-ring (bicyclic) bond motifs is 2. The third kappa shape index (κ3) is 3.94. The lowest BCUT2D eigenvalue weighted by Gasteiger charge is -2.18. The number of halogens is 3. The summed E-state index contributed by atoms with van der Waals surface area (Å²) in [5.74, 6) is -0.166. The molecule has 3 aromatic rings. The maximum Gasteiger partial charge on any atom is 0.308 e. The van der Waals surface area contributed by atoms with Gasteiger partial charge in [0.1, 0.15) is 18.2 Å². The minimum atomic E-state index is -0.523. The maximum atomic E-state index is 13.6. The van der Waals surface area contributed by atoms with Crippen molar-refractivity contribution >= 4 is 52.3 Å². The van der Waals surface area contributed by atoms with E-state index in [-0.39, 0.29) is 41.3 Å². The first-order chi connectivity index (χ1) is 12.9. The fourth-order valence-electron chi connectivity index (χ4n) is 3.39. The van der Waals surface area contributed by atoms with Crippen LogP contribution in [0.1, 0.15) is 29.2 Å². The average Bonchev–Trinajstić information content (AvgIpc) is 3.15. The van der Waals surface area contributed by atoms with Gasteiger partial charge in [-0.3, -0.25) is 14.2 Å². The lowest BCUT2D eigenvalue weighted by atomic mass is 10.0. The van der Waals surface area contributed by atoms with Crippen LogP contribution in [-0.2, 0) is 30.7 Å². The van der Waals surface area contributed by atoms with Crippen LogP contribution in [-0.4, -0.2) is 32.4 Å². The molecule has 1 N–H and O–H groups in total. The van der Waals surface area contributed by atoms with Crippen LogP contribution in [0.25, 0.3) is 11.0 Å². The molecule has 0 spiro atoms. The van der Waals surface area contributed by atoms with Crippen molar-refractivity contribution in [1.82, 2.24) is 19.4 Å². The van der Waals surface area contributed by atoms with E-state index in [0.717, 1.165) is 36.3 Å². The summed E-state index contributed by atoms with van der Waals surface area (Å²) in [6.45, 7) is 0.260. The van der Waals surface area contributed by atoms with Gasteiger partial charge in [0, 0.05) is 23.7 Å². The molecule has 0 atom stereocenters. The van der Waals surface area contributed by atoms with Gasteiger partial charge in [-0.25, -0.2) is 9.37 Å². The molecule has 2 aromatic heterocycles. The topological polar surface area (TPSA) is 71.0 Å². The van der Waals surface area contributed by atoms with Gasteiger partial charge in [-0.1, -0.05) is 22.9 Å².